The second-order valence-corrected chi connectivity index (χ2v) is 8.94. The minimum atomic E-state index is -0.293. The molecule has 3 heterocycles. The highest BCUT2D eigenvalue weighted by molar-refractivity contribution is 7.09. The lowest BCUT2D eigenvalue weighted by atomic mass is 9.87. The molecule has 1 saturated heterocycles. The zero-order valence-corrected chi connectivity index (χ0v) is 17.0. The first-order chi connectivity index (χ1) is 13.5. The van der Waals surface area contributed by atoms with Crippen molar-refractivity contribution in [1.82, 2.24) is 10.2 Å². The van der Waals surface area contributed by atoms with Crippen molar-refractivity contribution in [2.24, 2.45) is 0 Å². The number of amides is 2. The number of carbonyl (C=O) groups excluding carboxylic acids is 2. The van der Waals surface area contributed by atoms with E-state index in [0.29, 0.717) is 25.8 Å². The maximum Gasteiger partial charge on any atom is 0.222 e. The van der Waals surface area contributed by atoms with Crippen molar-refractivity contribution in [2.45, 2.75) is 50.2 Å². The molecule has 2 aliphatic rings. The van der Waals surface area contributed by atoms with Gasteiger partial charge < -0.3 is 15.0 Å². The second kappa shape index (κ2) is 7.95. The number of carbonyl (C=O) groups is 2. The molecule has 6 heteroatoms. The highest BCUT2D eigenvalue weighted by Gasteiger charge is 2.38. The van der Waals surface area contributed by atoms with Crippen molar-refractivity contribution >= 4 is 23.2 Å². The predicted octanol–water partition coefficient (Wildman–Crippen LogP) is 3.18. The van der Waals surface area contributed by atoms with Gasteiger partial charge in [-0.1, -0.05) is 24.3 Å². The Morgan fingerprint density at radius 2 is 2.18 bits per heavy atom. The summed E-state index contributed by atoms with van der Waals surface area (Å²) in [7, 11) is 1.84. The molecule has 4 rings (SSSR count). The molecular formula is C22H26N2O3S. The van der Waals surface area contributed by atoms with Gasteiger partial charge in [-0.05, 0) is 35.9 Å². The molecule has 0 saturated carbocycles. The molecule has 28 heavy (non-hydrogen) atoms. The van der Waals surface area contributed by atoms with Crippen molar-refractivity contribution in [1.29, 1.82) is 0 Å². The molecule has 0 spiro atoms. The number of likely N-dealkylation sites (N-methyl/N-ethyl adjacent to an activating group) is 1. The molecule has 1 aromatic heterocycles. The van der Waals surface area contributed by atoms with E-state index in [9.17, 15) is 9.59 Å². The fraction of sp³-hybridized carbons (Fsp3) is 0.455. The van der Waals surface area contributed by atoms with Gasteiger partial charge in [-0.2, -0.15) is 0 Å². The number of benzene rings is 1. The first-order valence-electron chi connectivity index (χ1n) is 9.85. The van der Waals surface area contributed by atoms with Gasteiger partial charge in [0.25, 0.3) is 0 Å². The summed E-state index contributed by atoms with van der Waals surface area (Å²) in [5.74, 6) is 1.12. The highest BCUT2D eigenvalue weighted by atomic mass is 32.1. The Balaban J connectivity index is 1.31. The summed E-state index contributed by atoms with van der Waals surface area (Å²) in [5.41, 5.74) is 0.912. The average molecular weight is 399 g/mol. The van der Waals surface area contributed by atoms with Crippen LogP contribution in [0.4, 0.5) is 0 Å². The molecule has 1 aromatic carbocycles. The lowest BCUT2D eigenvalue weighted by Crippen LogP contribution is -2.45. The maximum atomic E-state index is 12.7. The van der Waals surface area contributed by atoms with E-state index >= 15 is 0 Å². The van der Waals surface area contributed by atoms with Crippen molar-refractivity contribution in [3.8, 4) is 5.75 Å². The molecule has 148 valence electrons. The molecule has 2 atom stereocenters. The first-order valence-corrected chi connectivity index (χ1v) is 10.7. The standard InChI is InChI=1S/C22H26N2O3S/c1-24(15-17-13-16-5-2-3-7-19(16)27-17)21(26)9-11-22(10-8-20(25)23-22)14-18-6-4-12-28-18/h2-7,12,17H,8-11,13-15H2,1H3,(H,23,25)/t17-,22+/m1/s1. The normalized spacial score (nSPS) is 23.2. The van der Waals surface area contributed by atoms with Crippen LogP contribution >= 0.6 is 11.3 Å². The summed E-state index contributed by atoms with van der Waals surface area (Å²) in [4.78, 5) is 27.7. The summed E-state index contributed by atoms with van der Waals surface area (Å²) in [6, 6.07) is 12.2. The SMILES string of the molecule is CN(C[C@H]1Cc2ccccc2O1)C(=O)CC[C@]1(Cc2cccs2)CCC(=O)N1. The number of nitrogens with one attached hydrogen (secondary N) is 1. The van der Waals surface area contributed by atoms with Crippen LogP contribution in [0.2, 0.25) is 0 Å². The molecule has 0 aliphatic carbocycles. The number of para-hydroxylation sites is 1. The minimum Gasteiger partial charge on any atom is -0.488 e. The maximum absolute atomic E-state index is 12.7. The highest BCUT2D eigenvalue weighted by Crippen LogP contribution is 2.32. The molecule has 2 aromatic rings. The third-order valence-electron chi connectivity index (χ3n) is 5.76. The minimum absolute atomic E-state index is 0.0117. The number of ether oxygens (including phenoxy) is 1. The molecule has 0 unspecified atom stereocenters. The lowest BCUT2D eigenvalue weighted by molar-refractivity contribution is -0.131. The number of thiophene rings is 1. The van der Waals surface area contributed by atoms with Gasteiger partial charge in [0.1, 0.15) is 11.9 Å². The number of nitrogens with zero attached hydrogens (tertiary/aromatic N) is 1. The van der Waals surface area contributed by atoms with Crippen LogP contribution in [0, 0.1) is 0 Å². The van der Waals surface area contributed by atoms with Crippen molar-refractivity contribution in [3.05, 3.63) is 52.2 Å². The number of fused-ring (bicyclic) bond motifs is 1. The second-order valence-electron chi connectivity index (χ2n) is 7.91. The van der Waals surface area contributed by atoms with E-state index in [-0.39, 0.29) is 23.5 Å². The van der Waals surface area contributed by atoms with Crippen LogP contribution in [0.15, 0.2) is 41.8 Å². The molecule has 2 amide bonds. The lowest BCUT2D eigenvalue weighted by Gasteiger charge is -2.30. The summed E-state index contributed by atoms with van der Waals surface area (Å²) < 4.78 is 5.96. The molecule has 0 bridgehead atoms. The predicted molar refractivity (Wildman–Crippen MR) is 110 cm³/mol. The molecule has 1 fully saturated rings. The number of hydrogen-bond acceptors (Lipinski definition) is 4. The molecule has 1 N–H and O–H groups in total. The van der Waals surface area contributed by atoms with Gasteiger partial charge in [-0.15, -0.1) is 11.3 Å². The van der Waals surface area contributed by atoms with Gasteiger partial charge in [0.15, 0.2) is 0 Å². The van der Waals surface area contributed by atoms with Crippen molar-refractivity contribution in [2.75, 3.05) is 13.6 Å². The molecular weight excluding hydrogens is 372 g/mol. The summed E-state index contributed by atoms with van der Waals surface area (Å²) >= 11 is 1.70. The van der Waals surface area contributed by atoms with Crippen LogP contribution in [0.5, 0.6) is 5.75 Å². The number of rotatable bonds is 7. The van der Waals surface area contributed by atoms with Crippen LogP contribution in [-0.2, 0) is 22.4 Å². The zero-order valence-electron chi connectivity index (χ0n) is 16.1. The third-order valence-corrected chi connectivity index (χ3v) is 6.64. The largest absolute Gasteiger partial charge is 0.488 e. The molecule has 2 aliphatic heterocycles. The van der Waals surface area contributed by atoms with E-state index in [1.165, 1.54) is 10.4 Å². The monoisotopic (exact) mass is 398 g/mol. The zero-order chi connectivity index (χ0) is 19.6. The Morgan fingerprint density at radius 3 is 2.89 bits per heavy atom. The van der Waals surface area contributed by atoms with E-state index in [4.69, 9.17) is 4.74 Å². The van der Waals surface area contributed by atoms with Gasteiger partial charge in [0.05, 0.1) is 6.54 Å². The van der Waals surface area contributed by atoms with Crippen molar-refractivity contribution in [3.63, 3.8) is 0 Å². The van der Waals surface area contributed by atoms with Crippen LogP contribution in [-0.4, -0.2) is 41.9 Å². The van der Waals surface area contributed by atoms with Gasteiger partial charge >= 0.3 is 0 Å². The van der Waals surface area contributed by atoms with Crippen LogP contribution < -0.4 is 10.1 Å². The third kappa shape index (κ3) is 4.22. The smallest absolute Gasteiger partial charge is 0.222 e. The van der Waals surface area contributed by atoms with E-state index < -0.39 is 0 Å². The van der Waals surface area contributed by atoms with E-state index in [1.807, 2.05) is 31.3 Å². The average Bonchev–Trinajstić information content (AvgIpc) is 3.40. The van der Waals surface area contributed by atoms with E-state index in [0.717, 1.165) is 25.0 Å². The Bertz CT molecular complexity index is 826. The summed E-state index contributed by atoms with van der Waals surface area (Å²) in [6.07, 6.45) is 4.09. The van der Waals surface area contributed by atoms with E-state index in [1.54, 1.807) is 16.2 Å². The number of hydrogen-bond donors (Lipinski definition) is 1. The fourth-order valence-electron chi connectivity index (χ4n) is 4.23. The van der Waals surface area contributed by atoms with Crippen LogP contribution in [0.1, 0.15) is 36.1 Å². The fourth-order valence-corrected chi connectivity index (χ4v) is 5.08. The Hall–Kier alpha value is -2.34. The summed E-state index contributed by atoms with van der Waals surface area (Å²) in [6.45, 7) is 0.581. The van der Waals surface area contributed by atoms with E-state index in [2.05, 4.69) is 22.8 Å². The quantitative estimate of drug-likeness (QED) is 0.779. The Labute approximate surface area is 169 Å². The Kier molecular flexibility index (Phi) is 5.40. The Morgan fingerprint density at radius 1 is 1.32 bits per heavy atom. The molecule has 0 radical (unpaired) electrons. The van der Waals surface area contributed by atoms with Gasteiger partial charge in [-0.3, -0.25) is 9.59 Å². The van der Waals surface area contributed by atoms with Crippen molar-refractivity contribution < 1.29 is 14.3 Å². The summed E-state index contributed by atoms with van der Waals surface area (Å²) in [5, 5.41) is 5.21. The van der Waals surface area contributed by atoms with Gasteiger partial charge in [0, 0.05) is 43.1 Å². The van der Waals surface area contributed by atoms with Gasteiger partial charge in [0.2, 0.25) is 11.8 Å². The van der Waals surface area contributed by atoms with Crippen LogP contribution in [0.25, 0.3) is 0 Å². The molecule has 5 nitrogen and oxygen atoms in total. The van der Waals surface area contributed by atoms with Gasteiger partial charge in [-0.25, -0.2) is 0 Å². The van der Waals surface area contributed by atoms with Crippen LogP contribution in [0.3, 0.4) is 0 Å². The first kappa shape index (κ1) is 19.0. The topological polar surface area (TPSA) is 58.6 Å².